The molecule has 0 spiro atoms. The molecule has 1 saturated heterocycles. The fourth-order valence-corrected chi connectivity index (χ4v) is 6.77. The lowest BCUT2D eigenvalue weighted by atomic mass is 10.0. The number of aromatic nitrogens is 2. The van der Waals surface area contributed by atoms with Crippen LogP contribution in [0.4, 0.5) is 36.3 Å². The molecule has 2 N–H and O–H groups in total. The molecule has 0 amide bonds. The van der Waals surface area contributed by atoms with Crippen molar-refractivity contribution < 1.29 is 17.7 Å². The van der Waals surface area contributed by atoms with Gasteiger partial charge in [0.2, 0.25) is 5.95 Å². The SMILES string of the molecule is CP(C)(=O)c1cc(C(F)(F)F)ccc1Nc1nc(Nc2ccc3c(c2)CCC(N2CCCC2)CC3)ncc1Cl. The number of fused-ring (bicyclic) bond motifs is 1. The summed E-state index contributed by atoms with van der Waals surface area (Å²) >= 11 is 6.33. The first kappa shape index (κ1) is 27.9. The van der Waals surface area contributed by atoms with Crippen LogP contribution in [-0.4, -0.2) is 47.3 Å². The van der Waals surface area contributed by atoms with E-state index in [0.717, 1.165) is 37.1 Å². The van der Waals surface area contributed by atoms with E-state index >= 15 is 0 Å². The van der Waals surface area contributed by atoms with E-state index in [-0.39, 0.29) is 27.8 Å². The molecule has 208 valence electrons. The summed E-state index contributed by atoms with van der Waals surface area (Å²) in [5.74, 6) is 0.488. The number of alkyl halides is 3. The molecule has 1 aliphatic carbocycles. The Bertz CT molecular complexity index is 1400. The third-order valence-corrected chi connectivity index (χ3v) is 9.32. The van der Waals surface area contributed by atoms with Crippen LogP contribution in [0, 0.1) is 0 Å². The maximum atomic E-state index is 13.3. The number of halogens is 4. The lowest BCUT2D eigenvalue weighted by molar-refractivity contribution is -0.137. The van der Waals surface area contributed by atoms with Crippen LogP contribution in [0.3, 0.4) is 0 Å². The monoisotopic (exact) mass is 577 g/mol. The standard InChI is InChI=1S/C28H32ClF3N5OP/c1-39(2,38)25-16-20(28(30,31)32)8-12-24(25)35-26-23(29)17-33-27(36-26)34-21-9-5-18-6-10-22(11-7-19(18)15-21)37-13-3-4-14-37/h5,8-9,12,15-17,22H,3-4,6-7,10-11,13-14H2,1-2H3,(H2,33,34,35,36). The molecule has 11 heteroatoms. The summed E-state index contributed by atoms with van der Waals surface area (Å²) in [6.45, 7) is 5.27. The number of nitrogens with zero attached hydrogens (tertiary/aromatic N) is 3. The summed E-state index contributed by atoms with van der Waals surface area (Å²) in [5, 5.41) is 6.46. The largest absolute Gasteiger partial charge is 0.416 e. The Kier molecular flexibility index (Phi) is 7.96. The minimum Gasteiger partial charge on any atom is -0.338 e. The molecule has 1 fully saturated rings. The van der Waals surface area contributed by atoms with E-state index in [1.165, 1.54) is 69.1 Å². The highest BCUT2D eigenvalue weighted by Crippen LogP contribution is 2.41. The number of benzene rings is 2. The normalized spacial score (nSPS) is 18.5. The Morgan fingerprint density at radius 3 is 2.41 bits per heavy atom. The van der Waals surface area contributed by atoms with Crippen molar-refractivity contribution >= 4 is 47.2 Å². The van der Waals surface area contributed by atoms with E-state index < -0.39 is 18.9 Å². The maximum absolute atomic E-state index is 13.3. The molecule has 0 bridgehead atoms. The van der Waals surface area contributed by atoms with E-state index in [4.69, 9.17) is 11.6 Å². The quantitative estimate of drug-likeness (QED) is 0.238. The predicted molar refractivity (Wildman–Crippen MR) is 152 cm³/mol. The van der Waals surface area contributed by atoms with Gasteiger partial charge in [0.25, 0.3) is 0 Å². The molecule has 3 aromatic rings. The van der Waals surface area contributed by atoms with Gasteiger partial charge in [-0.2, -0.15) is 18.2 Å². The molecule has 1 aromatic heterocycles. The Hall–Kier alpha value is -2.61. The number of anilines is 4. The highest BCUT2D eigenvalue weighted by atomic mass is 35.5. The van der Waals surface area contributed by atoms with Gasteiger partial charge in [0.1, 0.15) is 12.2 Å². The van der Waals surface area contributed by atoms with Crippen LogP contribution in [0.2, 0.25) is 5.02 Å². The van der Waals surface area contributed by atoms with Gasteiger partial charge in [-0.05, 0) is 106 Å². The minimum absolute atomic E-state index is 0.0690. The second-order valence-corrected chi connectivity index (χ2v) is 14.3. The van der Waals surface area contributed by atoms with Crippen LogP contribution >= 0.6 is 18.7 Å². The van der Waals surface area contributed by atoms with Gasteiger partial charge in [0.15, 0.2) is 5.82 Å². The van der Waals surface area contributed by atoms with E-state index in [2.05, 4.69) is 37.6 Å². The molecule has 6 nitrogen and oxygen atoms in total. The molecule has 1 aliphatic heterocycles. The van der Waals surface area contributed by atoms with Crippen molar-refractivity contribution in [2.45, 2.75) is 50.7 Å². The zero-order valence-electron chi connectivity index (χ0n) is 22.0. The number of nitrogens with one attached hydrogen (secondary N) is 2. The van der Waals surface area contributed by atoms with Crippen LogP contribution in [0.25, 0.3) is 0 Å². The molecule has 1 unspecified atom stereocenters. The number of hydrogen-bond acceptors (Lipinski definition) is 6. The maximum Gasteiger partial charge on any atom is 0.416 e. The zero-order chi connectivity index (χ0) is 27.8. The van der Waals surface area contributed by atoms with Crippen molar-refractivity contribution in [2.75, 3.05) is 37.1 Å². The first-order valence-electron chi connectivity index (χ1n) is 13.2. The highest BCUT2D eigenvalue weighted by Gasteiger charge is 2.32. The van der Waals surface area contributed by atoms with Crippen LogP contribution in [0.15, 0.2) is 42.6 Å². The van der Waals surface area contributed by atoms with Crippen molar-refractivity contribution in [3.63, 3.8) is 0 Å². The highest BCUT2D eigenvalue weighted by molar-refractivity contribution is 7.70. The van der Waals surface area contributed by atoms with Crippen LogP contribution < -0.4 is 15.9 Å². The van der Waals surface area contributed by atoms with Crippen LogP contribution in [0.1, 0.15) is 42.4 Å². The minimum atomic E-state index is -4.55. The first-order valence-corrected chi connectivity index (χ1v) is 16.1. The number of rotatable bonds is 6. The molecule has 5 rings (SSSR count). The van der Waals surface area contributed by atoms with Crippen LogP contribution in [0.5, 0.6) is 0 Å². The summed E-state index contributed by atoms with van der Waals surface area (Å²) in [5.41, 5.74) is 2.94. The van der Waals surface area contributed by atoms with Crippen molar-refractivity contribution in [3.05, 3.63) is 64.3 Å². The molecular formula is C28H32ClF3N5OP. The second kappa shape index (κ2) is 11.1. The molecule has 2 heterocycles. The Morgan fingerprint density at radius 2 is 1.72 bits per heavy atom. The fourth-order valence-electron chi connectivity index (χ4n) is 5.47. The van der Waals surface area contributed by atoms with Gasteiger partial charge in [-0.3, -0.25) is 0 Å². The summed E-state index contributed by atoms with van der Waals surface area (Å²) in [7, 11) is -3.07. The smallest absolute Gasteiger partial charge is 0.338 e. The summed E-state index contributed by atoms with van der Waals surface area (Å²) in [4.78, 5) is 11.4. The van der Waals surface area contributed by atoms with Crippen LogP contribution in [-0.2, 0) is 23.6 Å². The van der Waals surface area contributed by atoms with Gasteiger partial charge in [-0.1, -0.05) is 17.7 Å². The molecule has 2 aromatic carbocycles. The molecule has 2 aliphatic rings. The summed E-state index contributed by atoms with van der Waals surface area (Å²) in [6, 6.07) is 10.1. The second-order valence-electron chi connectivity index (χ2n) is 10.7. The zero-order valence-corrected chi connectivity index (χ0v) is 23.6. The van der Waals surface area contributed by atoms with Crippen molar-refractivity contribution in [1.82, 2.24) is 14.9 Å². The number of hydrogen-bond donors (Lipinski definition) is 2. The van der Waals surface area contributed by atoms with Crippen molar-refractivity contribution in [1.29, 1.82) is 0 Å². The van der Waals surface area contributed by atoms with Crippen molar-refractivity contribution in [3.8, 4) is 0 Å². The van der Waals surface area contributed by atoms with E-state index in [9.17, 15) is 17.7 Å². The molecule has 1 atom stereocenters. The van der Waals surface area contributed by atoms with Gasteiger partial charge in [-0.15, -0.1) is 0 Å². The molecule has 0 saturated carbocycles. The first-order chi connectivity index (χ1) is 18.5. The van der Waals surface area contributed by atoms with Gasteiger partial charge >= 0.3 is 6.18 Å². The average Bonchev–Trinajstić information content (AvgIpc) is 3.32. The van der Waals surface area contributed by atoms with Gasteiger partial charge in [0.05, 0.1) is 17.4 Å². The van der Waals surface area contributed by atoms with E-state index in [0.29, 0.717) is 6.04 Å². The fraction of sp³-hybridized carbons (Fsp3) is 0.429. The average molecular weight is 578 g/mol. The van der Waals surface area contributed by atoms with Gasteiger partial charge < -0.3 is 20.1 Å². The Morgan fingerprint density at radius 1 is 1.00 bits per heavy atom. The molecule has 39 heavy (non-hydrogen) atoms. The lowest BCUT2D eigenvalue weighted by Crippen LogP contribution is -2.32. The molecule has 0 radical (unpaired) electrons. The number of aryl methyl sites for hydroxylation is 2. The van der Waals surface area contributed by atoms with Crippen molar-refractivity contribution in [2.24, 2.45) is 0 Å². The van der Waals surface area contributed by atoms with Gasteiger partial charge in [0, 0.05) is 17.0 Å². The lowest BCUT2D eigenvalue weighted by Gasteiger charge is -2.25. The van der Waals surface area contributed by atoms with E-state index in [1.807, 2.05) is 6.07 Å². The third kappa shape index (κ3) is 6.59. The Balaban J connectivity index is 1.35. The molecular weight excluding hydrogens is 546 g/mol. The number of likely N-dealkylation sites (tertiary alicyclic amines) is 1. The van der Waals surface area contributed by atoms with E-state index in [1.54, 1.807) is 0 Å². The topological polar surface area (TPSA) is 70.2 Å². The predicted octanol–water partition coefficient (Wildman–Crippen LogP) is 7.23. The van der Waals surface area contributed by atoms with Gasteiger partial charge in [-0.25, -0.2) is 4.98 Å². The Labute approximate surface area is 231 Å². The third-order valence-electron chi connectivity index (χ3n) is 7.52. The summed E-state index contributed by atoms with van der Waals surface area (Å²) in [6.07, 6.45) is 3.89. The summed E-state index contributed by atoms with van der Waals surface area (Å²) < 4.78 is 52.7.